The Morgan fingerprint density at radius 1 is 1.38 bits per heavy atom. The van der Waals surface area contributed by atoms with Gasteiger partial charge in [0.15, 0.2) is 5.76 Å². The van der Waals surface area contributed by atoms with Crippen molar-refractivity contribution in [2.75, 3.05) is 7.11 Å². The van der Waals surface area contributed by atoms with E-state index in [1.54, 1.807) is 13.2 Å². The average molecular weight is 174 g/mol. The molecule has 0 saturated heterocycles. The third kappa shape index (κ3) is 1.40. The van der Waals surface area contributed by atoms with E-state index in [-0.39, 0.29) is 0 Å². The summed E-state index contributed by atoms with van der Waals surface area (Å²) in [5.41, 5.74) is 0.888. The van der Waals surface area contributed by atoms with Crippen molar-refractivity contribution in [3.05, 3.63) is 36.5 Å². The zero-order valence-corrected chi connectivity index (χ0v) is 7.15. The molecule has 0 atom stereocenters. The highest BCUT2D eigenvalue weighted by atomic mass is 16.5. The summed E-state index contributed by atoms with van der Waals surface area (Å²) in [4.78, 5) is 0. The van der Waals surface area contributed by atoms with Crippen LogP contribution in [-0.2, 0) is 0 Å². The summed E-state index contributed by atoms with van der Waals surface area (Å²) < 4.78 is 10.1. The summed E-state index contributed by atoms with van der Waals surface area (Å²) in [5.74, 6) is 1.44. The second-order valence-electron chi connectivity index (χ2n) is 2.52. The molecule has 0 spiro atoms. The molecule has 1 aromatic carbocycles. The fraction of sp³-hybridized carbons (Fsp3) is 0.100. The van der Waals surface area contributed by atoms with E-state index in [0.717, 1.165) is 11.3 Å². The fourth-order valence-corrected chi connectivity index (χ4v) is 1.16. The Morgan fingerprint density at radius 2 is 2.23 bits per heavy atom. The number of hydrogen-bond acceptors (Lipinski definition) is 3. The molecular formula is C10H8NO2. The number of benzene rings is 1. The van der Waals surface area contributed by atoms with Gasteiger partial charge in [0.05, 0.1) is 12.7 Å². The van der Waals surface area contributed by atoms with Gasteiger partial charge >= 0.3 is 0 Å². The van der Waals surface area contributed by atoms with E-state index in [9.17, 15) is 0 Å². The first-order chi connectivity index (χ1) is 6.42. The number of rotatable bonds is 2. The zero-order chi connectivity index (χ0) is 9.10. The summed E-state index contributed by atoms with van der Waals surface area (Å²) >= 11 is 0. The second-order valence-corrected chi connectivity index (χ2v) is 2.52. The van der Waals surface area contributed by atoms with Crippen LogP contribution in [0, 0.1) is 6.20 Å². The monoisotopic (exact) mass is 174 g/mol. The Morgan fingerprint density at radius 3 is 2.92 bits per heavy atom. The van der Waals surface area contributed by atoms with Crippen LogP contribution in [0.1, 0.15) is 0 Å². The molecule has 0 fully saturated rings. The highest BCUT2D eigenvalue weighted by Gasteiger charge is 2.07. The van der Waals surface area contributed by atoms with Crippen molar-refractivity contribution < 1.29 is 9.26 Å². The van der Waals surface area contributed by atoms with E-state index in [0.29, 0.717) is 5.76 Å². The van der Waals surface area contributed by atoms with Crippen LogP contribution in [0.25, 0.3) is 11.3 Å². The zero-order valence-electron chi connectivity index (χ0n) is 7.15. The third-order valence-electron chi connectivity index (χ3n) is 1.76. The molecule has 3 nitrogen and oxygen atoms in total. The molecule has 2 rings (SSSR count). The summed E-state index contributed by atoms with van der Waals surface area (Å²) in [7, 11) is 1.62. The fourth-order valence-electron chi connectivity index (χ4n) is 1.16. The maximum absolute atomic E-state index is 5.17. The van der Waals surface area contributed by atoms with E-state index in [2.05, 4.69) is 11.4 Å². The molecule has 0 amide bonds. The summed E-state index contributed by atoms with van der Waals surface area (Å²) in [6.07, 6.45) is 2.61. The van der Waals surface area contributed by atoms with E-state index < -0.39 is 0 Å². The molecule has 13 heavy (non-hydrogen) atoms. The van der Waals surface area contributed by atoms with Crippen LogP contribution in [0.5, 0.6) is 5.75 Å². The standard InChI is InChI=1S/C10H8NO2/c1-12-9-5-3-2-4-8(9)10-6-7-11-13-10/h2-6H,1H3. The number of nitrogens with zero attached hydrogens (tertiary/aromatic N) is 1. The maximum Gasteiger partial charge on any atom is 0.171 e. The SMILES string of the molecule is COc1ccccc1-c1c[c]no1. The van der Waals surface area contributed by atoms with Crippen molar-refractivity contribution in [3.8, 4) is 17.1 Å². The van der Waals surface area contributed by atoms with Gasteiger partial charge in [-0.05, 0) is 12.1 Å². The van der Waals surface area contributed by atoms with Gasteiger partial charge in [0.1, 0.15) is 11.9 Å². The normalized spacial score (nSPS) is 9.92. The minimum Gasteiger partial charge on any atom is -0.496 e. The lowest BCUT2D eigenvalue weighted by atomic mass is 10.1. The number of hydrogen-bond donors (Lipinski definition) is 0. The van der Waals surface area contributed by atoms with E-state index >= 15 is 0 Å². The molecule has 0 aliphatic carbocycles. The van der Waals surface area contributed by atoms with Crippen molar-refractivity contribution >= 4 is 0 Å². The van der Waals surface area contributed by atoms with Crippen LogP contribution >= 0.6 is 0 Å². The highest BCUT2D eigenvalue weighted by Crippen LogP contribution is 2.28. The average Bonchev–Trinajstić information content (AvgIpc) is 2.70. The van der Waals surface area contributed by atoms with Crippen LogP contribution in [0.4, 0.5) is 0 Å². The first-order valence-electron chi connectivity index (χ1n) is 3.88. The molecule has 1 aromatic heterocycles. The molecule has 0 bridgehead atoms. The van der Waals surface area contributed by atoms with Crippen LogP contribution < -0.4 is 4.74 Å². The lowest BCUT2D eigenvalue weighted by Crippen LogP contribution is -1.85. The van der Waals surface area contributed by atoms with Gasteiger partial charge in [-0.25, -0.2) is 0 Å². The Balaban J connectivity index is 2.51. The molecule has 0 unspecified atom stereocenters. The number of methoxy groups -OCH3 is 1. The quantitative estimate of drug-likeness (QED) is 0.699. The molecule has 1 heterocycles. The molecule has 2 aromatic rings. The van der Waals surface area contributed by atoms with Gasteiger partial charge in [0.25, 0.3) is 0 Å². The van der Waals surface area contributed by atoms with Crippen LogP contribution in [0.3, 0.4) is 0 Å². The van der Waals surface area contributed by atoms with Crippen molar-refractivity contribution in [1.29, 1.82) is 0 Å². The van der Waals surface area contributed by atoms with Gasteiger partial charge in [0, 0.05) is 6.07 Å². The number of ether oxygens (including phenoxy) is 1. The van der Waals surface area contributed by atoms with Crippen molar-refractivity contribution in [1.82, 2.24) is 5.16 Å². The van der Waals surface area contributed by atoms with Gasteiger partial charge in [-0.3, -0.25) is 0 Å². The van der Waals surface area contributed by atoms with Crippen LogP contribution in [0.15, 0.2) is 34.9 Å². The van der Waals surface area contributed by atoms with Crippen molar-refractivity contribution in [2.24, 2.45) is 0 Å². The van der Waals surface area contributed by atoms with E-state index in [1.807, 2.05) is 24.3 Å². The Bertz CT molecular complexity index is 382. The predicted molar refractivity (Wildman–Crippen MR) is 47.3 cm³/mol. The van der Waals surface area contributed by atoms with Crippen molar-refractivity contribution in [3.63, 3.8) is 0 Å². The molecule has 0 aliphatic rings. The smallest absolute Gasteiger partial charge is 0.171 e. The third-order valence-corrected chi connectivity index (χ3v) is 1.76. The highest BCUT2D eigenvalue weighted by molar-refractivity contribution is 5.64. The molecule has 1 radical (unpaired) electrons. The lowest BCUT2D eigenvalue weighted by Gasteiger charge is -2.03. The van der Waals surface area contributed by atoms with Crippen molar-refractivity contribution in [2.45, 2.75) is 0 Å². The van der Waals surface area contributed by atoms with Gasteiger partial charge in [-0.1, -0.05) is 17.3 Å². The summed E-state index contributed by atoms with van der Waals surface area (Å²) in [5, 5.41) is 3.52. The number of para-hydroxylation sites is 1. The second kappa shape index (κ2) is 3.31. The molecule has 65 valence electrons. The maximum atomic E-state index is 5.17. The first kappa shape index (κ1) is 7.86. The molecular weight excluding hydrogens is 166 g/mol. The van der Waals surface area contributed by atoms with Crippen LogP contribution in [-0.4, -0.2) is 12.3 Å². The molecule has 0 N–H and O–H groups in total. The summed E-state index contributed by atoms with van der Waals surface area (Å²) in [6.45, 7) is 0. The van der Waals surface area contributed by atoms with Gasteiger partial charge in [-0.15, -0.1) is 0 Å². The van der Waals surface area contributed by atoms with Gasteiger partial charge < -0.3 is 9.26 Å². The number of aromatic nitrogens is 1. The van der Waals surface area contributed by atoms with Crippen LogP contribution in [0.2, 0.25) is 0 Å². The topological polar surface area (TPSA) is 35.3 Å². The minimum absolute atomic E-state index is 0.664. The predicted octanol–water partition coefficient (Wildman–Crippen LogP) is 2.15. The van der Waals surface area contributed by atoms with E-state index in [1.165, 1.54) is 0 Å². The lowest BCUT2D eigenvalue weighted by molar-refractivity contribution is 0.406. The molecule has 0 aliphatic heterocycles. The summed E-state index contributed by atoms with van der Waals surface area (Å²) in [6, 6.07) is 9.28. The first-order valence-corrected chi connectivity index (χ1v) is 3.88. The molecule has 3 heteroatoms. The Labute approximate surface area is 75.9 Å². The molecule has 0 saturated carbocycles. The van der Waals surface area contributed by atoms with Gasteiger partial charge in [-0.2, -0.15) is 0 Å². The minimum atomic E-state index is 0.664. The largest absolute Gasteiger partial charge is 0.496 e. The van der Waals surface area contributed by atoms with E-state index in [4.69, 9.17) is 9.26 Å². The Kier molecular flexibility index (Phi) is 2.00. The van der Waals surface area contributed by atoms with Gasteiger partial charge in [0.2, 0.25) is 0 Å². The Hall–Kier alpha value is -1.77.